The maximum Gasteiger partial charge on any atom is 0.283 e. The molecule has 0 spiro atoms. The molecule has 0 bridgehead atoms. The number of aromatic nitrogens is 3. The number of hydrogen-bond acceptors (Lipinski definition) is 5. The van der Waals surface area contributed by atoms with E-state index in [-0.39, 0.29) is 5.56 Å². The average Bonchev–Trinajstić information content (AvgIpc) is 2.90. The molecule has 0 amide bonds. The molecule has 4 rings (SSSR count). The number of nitrogens with zero attached hydrogens (tertiary/aromatic N) is 3. The van der Waals surface area contributed by atoms with Crippen molar-refractivity contribution in [3.05, 3.63) is 62.9 Å². The lowest BCUT2D eigenvalue weighted by Gasteiger charge is -2.04. The second kappa shape index (κ2) is 5.58. The summed E-state index contributed by atoms with van der Waals surface area (Å²) in [7, 11) is 0. The van der Waals surface area contributed by atoms with E-state index in [4.69, 9.17) is 11.6 Å². The van der Waals surface area contributed by atoms with Gasteiger partial charge in [-0.2, -0.15) is 4.52 Å². The quantitative estimate of drug-likeness (QED) is 0.581. The Morgan fingerprint density at radius 1 is 1.12 bits per heavy atom. The fourth-order valence-corrected chi connectivity index (χ4v) is 3.69. The molecule has 0 aliphatic heterocycles. The summed E-state index contributed by atoms with van der Waals surface area (Å²) in [6, 6.07) is 11.3. The van der Waals surface area contributed by atoms with Crippen LogP contribution in [0.2, 0.25) is 5.02 Å². The minimum absolute atomic E-state index is 0.220. The molecule has 0 aliphatic rings. The SMILES string of the molecule is Cc1cc(C)cc(Nc2nn3c(=O)c4cc(Cl)ccc4nc3s2)c1. The highest BCUT2D eigenvalue weighted by Gasteiger charge is 2.11. The first-order valence-corrected chi connectivity index (χ1v) is 8.53. The molecule has 0 radical (unpaired) electrons. The Morgan fingerprint density at radius 3 is 2.62 bits per heavy atom. The van der Waals surface area contributed by atoms with Gasteiger partial charge in [-0.3, -0.25) is 4.79 Å². The van der Waals surface area contributed by atoms with Crippen molar-refractivity contribution < 1.29 is 0 Å². The van der Waals surface area contributed by atoms with Crippen LogP contribution in [0.3, 0.4) is 0 Å². The predicted octanol–water partition coefficient (Wildman–Crippen LogP) is 4.32. The fourth-order valence-electron chi connectivity index (χ4n) is 2.70. The lowest BCUT2D eigenvalue weighted by molar-refractivity contribution is 0.919. The van der Waals surface area contributed by atoms with E-state index in [9.17, 15) is 4.79 Å². The topological polar surface area (TPSA) is 59.3 Å². The summed E-state index contributed by atoms with van der Waals surface area (Å²) >= 11 is 7.31. The lowest BCUT2D eigenvalue weighted by Crippen LogP contribution is -2.15. The third-order valence-corrected chi connectivity index (χ3v) is 4.69. The van der Waals surface area contributed by atoms with Gasteiger partial charge in [0, 0.05) is 10.7 Å². The Bertz CT molecular complexity index is 1130. The van der Waals surface area contributed by atoms with Gasteiger partial charge >= 0.3 is 0 Å². The molecule has 5 nitrogen and oxygen atoms in total. The van der Waals surface area contributed by atoms with E-state index in [1.165, 1.54) is 15.9 Å². The molecular formula is C17H13ClN4OS. The molecule has 2 aromatic carbocycles. The summed E-state index contributed by atoms with van der Waals surface area (Å²) in [5, 5.41) is 9.19. The monoisotopic (exact) mass is 356 g/mol. The van der Waals surface area contributed by atoms with E-state index in [2.05, 4.69) is 21.5 Å². The van der Waals surface area contributed by atoms with Gasteiger partial charge < -0.3 is 5.32 Å². The minimum atomic E-state index is -0.220. The fraction of sp³-hybridized carbons (Fsp3) is 0.118. The standard InChI is InChI=1S/C17H13ClN4OS/c1-9-5-10(2)7-12(6-9)19-16-21-22-15(23)13-8-11(18)3-4-14(13)20-17(22)24-16/h3-8H,1-2H3,(H,19,21). The zero-order chi connectivity index (χ0) is 16.8. The van der Waals surface area contributed by atoms with Gasteiger partial charge in [-0.05, 0) is 55.3 Å². The van der Waals surface area contributed by atoms with E-state index in [0.717, 1.165) is 16.8 Å². The van der Waals surface area contributed by atoms with E-state index < -0.39 is 0 Å². The Morgan fingerprint density at radius 2 is 1.88 bits per heavy atom. The van der Waals surface area contributed by atoms with Gasteiger partial charge in [0.2, 0.25) is 10.1 Å². The van der Waals surface area contributed by atoms with E-state index in [1.54, 1.807) is 18.2 Å². The van der Waals surface area contributed by atoms with Crippen molar-refractivity contribution in [2.75, 3.05) is 5.32 Å². The van der Waals surface area contributed by atoms with Crippen molar-refractivity contribution in [1.82, 2.24) is 14.6 Å². The van der Waals surface area contributed by atoms with Gasteiger partial charge in [-0.15, -0.1) is 5.10 Å². The van der Waals surface area contributed by atoms with Crippen molar-refractivity contribution in [2.24, 2.45) is 0 Å². The summed E-state index contributed by atoms with van der Waals surface area (Å²) < 4.78 is 1.31. The van der Waals surface area contributed by atoms with Gasteiger partial charge in [-0.1, -0.05) is 29.0 Å². The third kappa shape index (κ3) is 2.64. The number of aryl methyl sites for hydroxylation is 2. The molecule has 120 valence electrons. The minimum Gasteiger partial charge on any atom is -0.330 e. The molecule has 7 heteroatoms. The van der Waals surface area contributed by atoms with Crippen molar-refractivity contribution in [3.63, 3.8) is 0 Å². The number of rotatable bonds is 2. The van der Waals surface area contributed by atoms with Crippen molar-refractivity contribution in [1.29, 1.82) is 0 Å². The first kappa shape index (κ1) is 15.1. The van der Waals surface area contributed by atoms with E-state index >= 15 is 0 Å². The summed E-state index contributed by atoms with van der Waals surface area (Å²) in [5.41, 5.74) is 3.66. The molecule has 1 N–H and O–H groups in total. The largest absolute Gasteiger partial charge is 0.330 e. The molecule has 4 aromatic rings. The molecule has 0 unspecified atom stereocenters. The van der Waals surface area contributed by atoms with Crippen LogP contribution in [-0.4, -0.2) is 14.6 Å². The maximum absolute atomic E-state index is 12.6. The van der Waals surface area contributed by atoms with Crippen LogP contribution in [0.5, 0.6) is 0 Å². The molecule has 0 aliphatic carbocycles. The van der Waals surface area contributed by atoms with Crippen LogP contribution in [-0.2, 0) is 0 Å². The van der Waals surface area contributed by atoms with Crippen LogP contribution in [0.15, 0.2) is 41.2 Å². The Labute approximate surface area is 146 Å². The molecule has 2 aromatic heterocycles. The second-order valence-corrected chi connectivity index (χ2v) is 7.07. The van der Waals surface area contributed by atoms with E-state index in [0.29, 0.717) is 26.0 Å². The van der Waals surface area contributed by atoms with Gasteiger partial charge in [0.25, 0.3) is 5.56 Å². The van der Waals surface area contributed by atoms with Crippen molar-refractivity contribution >= 4 is 49.6 Å². The molecule has 0 atom stereocenters. The van der Waals surface area contributed by atoms with Gasteiger partial charge in [0.1, 0.15) is 0 Å². The highest BCUT2D eigenvalue weighted by Crippen LogP contribution is 2.24. The highest BCUT2D eigenvalue weighted by molar-refractivity contribution is 7.20. The van der Waals surface area contributed by atoms with Gasteiger partial charge in [0.05, 0.1) is 10.9 Å². The van der Waals surface area contributed by atoms with Crippen LogP contribution >= 0.6 is 22.9 Å². The number of nitrogens with one attached hydrogen (secondary N) is 1. The summed E-state index contributed by atoms with van der Waals surface area (Å²) in [6.45, 7) is 4.08. The average molecular weight is 357 g/mol. The molecule has 24 heavy (non-hydrogen) atoms. The first-order valence-electron chi connectivity index (χ1n) is 7.34. The number of hydrogen-bond donors (Lipinski definition) is 1. The summed E-state index contributed by atoms with van der Waals surface area (Å²) in [6.07, 6.45) is 0. The van der Waals surface area contributed by atoms with Gasteiger partial charge in [-0.25, -0.2) is 4.98 Å². The van der Waals surface area contributed by atoms with Crippen LogP contribution < -0.4 is 10.9 Å². The molecular weight excluding hydrogens is 344 g/mol. The van der Waals surface area contributed by atoms with Crippen LogP contribution in [0.4, 0.5) is 10.8 Å². The summed E-state index contributed by atoms with van der Waals surface area (Å²) in [4.78, 5) is 17.6. The molecule has 0 saturated heterocycles. The number of halogens is 1. The predicted molar refractivity (Wildman–Crippen MR) is 98.8 cm³/mol. The Hall–Kier alpha value is -2.44. The van der Waals surface area contributed by atoms with Gasteiger partial charge in [0.15, 0.2) is 0 Å². The smallest absolute Gasteiger partial charge is 0.283 e. The maximum atomic E-state index is 12.6. The van der Waals surface area contributed by atoms with Crippen molar-refractivity contribution in [2.45, 2.75) is 13.8 Å². The Kier molecular flexibility index (Phi) is 3.51. The van der Waals surface area contributed by atoms with Crippen LogP contribution in [0.1, 0.15) is 11.1 Å². The number of benzene rings is 2. The number of fused-ring (bicyclic) bond motifs is 2. The Balaban J connectivity index is 1.84. The van der Waals surface area contributed by atoms with Crippen LogP contribution in [0.25, 0.3) is 15.9 Å². The number of anilines is 2. The summed E-state index contributed by atoms with van der Waals surface area (Å²) in [5.74, 6) is 0. The highest BCUT2D eigenvalue weighted by atomic mass is 35.5. The van der Waals surface area contributed by atoms with Crippen molar-refractivity contribution in [3.8, 4) is 0 Å². The zero-order valence-electron chi connectivity index (χ0n) is 13.0. The first-order chi connectivity index (χ1) is 11.5. The third-order valence-electron chi connectivity index (χ3n) is 3.63. The van der Waals surface area contributed by atoms with Crippen LogP contribution in [0, 0.1) is 13.8 Å². The van der Waals surface area contributed by atoms with E-state index in [1.807, 2.05) is 26.0 Å². The normalized spacial score (nSPS) is 11.3. The second-order valence-electron chi connectivity index (χ2n) is 5.68. The lowest BCUT2D eigenvalue weighted by atomic mass is 10.1. The zero-order valence-corrected chi connectivity index (χ0v) is 14.6. The molecule has 2 heterocycles. The molecule has 0 fully saturated rings. The molecule has 0 saturated carbocycles.